The van der Waals surface area contributed by atoms with Crippen molar-refractivity contribution in [2.45, 2.75) is 30.6 Å². The number of benzene rings is 1. The summed E-state index contributed by atoms with van der Waals surface area (Å²) in [7, 11) is -3.39. The Bertz CT molecular complexity index is 641. The van der Waals surface area contributed by atoms with Crippen LogP contribution in [0.25, 0.3) is 5.57 Å². The lowest BCUT2D eigenvalue weighted by molar-refractivity contribution is 0.320. The van der Waals surface area contributed by atoms with Gasteiger partial charge in [-0.1, -0.05) is 18.9 Å². The maximum atomic E-state index is 12.1. The van der Waals surface area contributed by atoms with Crippen LogP contribution in [0.15, 0.2) is 28.5 Å². The summed E-state index contributed by atoms with van der Waals surface area (Å²) in [5, 5.41) is 11.3. The minimum absolute atomic E-state index is 0.0599. The van der Waals surface area contributed by atoms with Crippen LogP contribution in [-0.4, -0.2) is 38.1 Å². The highest BCUT2D eigenvalue weighted by Crippen LogP contribution is 2.39. The van der Waals surface area contributed by atoms with Crippen molar-refractivity contribution in [1.29, 1.82) is 0 Å². The molecule has 0 spiro atoms. The quantitative estimate of drug-likeness (QED) is 0.909. The van der Waals surface area contributed by atoms with Crippen molar-refractivity contribution in [2.75, 3.05) is 19.6 Å². The van der Waals surface area contributed by atoms with Gasteiger partial charge in [0.15, 0.2) is 0 Å². The molecule has 0 aromatic heterocycles. The Morgan fingerprint density at radius 1 is 1.10 bits per heavy atom. The number of fused-ring (bicyclic) bond motifs is 1. The number of hydrogen-bond donors (Lipinski definition) is 1. The molecule has 1 saturated heterocycles. The maximum Gasteiger partial charge on any atom is 0.200 e. The van der Waals surface area contributed by atoms with E-state index in [0.29, 0.717) is 12.1 Å². The van der Waals surface area contributed by atoms with E-state index in [2.05, 4.69) is 4.90 Å². The van der Waals surface area contributed by atoms with Gasteiger partial charge in [0.2, 0.25) is 9.84 Å². The van der Waals surface area contributed by atoms with Crippen molar-refractivity contribution in [2.24, 2.45) is 0 Å². The van der Waals surface area contributed by atoms with Gasteiger partial charge >= 0.3 is 0 Å². The van der Waals surface area contributed by atoms with Gasteiger partial charge in [-0.05, 0) is 43.6 Å². The fraction of sp³-hybridized carbons (Fsp3) is 0.467. The molecule has 0 bridgehead atoms. The molecule has 1 fully saturated rings. The van der Waals surface area contributed by atoms with Crippen LogP contribution < -0.4 is 0 Å². The lowest BCUT2D eigenvalue weighted by Crippen LogP contribution is -2.26. The third kappa shape index (κ3) is 2.47. The second-order valence-electron chi connectivity index (χ2n) is 5.53. The molecule has 0 aliphatic carbocycles. The van der Waals surface area contributed by atoms with Crippen molar-refractivity contribution >= 4 is 15.4 Å². The molecule has 0 radical (unpaired) electrons. The molecule has 2 aliphatic rings. The highest BCUT2D eigenvalue weighted by molar-refractivity contribution is 7.95. The molecule has 108 valence electrons. The predicted octanol–water partition coefficient (Wildman–Crippen LogP) is 2.40. The molecule has 3 rings (SSSR count). The van der Waals surface area contributed by atoms with Crippen LogP contribution in [0.4, 0.5) is 0 Å². The molecular weight excluding hydrogens is 274 g/mol. The summed E-state index contributed by atoms with van der Waals surface area (Å²) in [6, 6.07) is 4.70. The molecule has 0 unspecified atom stereocenters. The van der Waals surface area contributed by atoms with E-state index in [-0.39, 0.29) is 10.6 Å². The van der Waals surface area contributed by atoms with E-state index in [9.17, 15) is 13.5 Å². The minimum Gasteiger partial charge on any atom is -0.507 e. The Kier molecular flexibility index (Phi) is 3.56. The van der Waals surface area contributed by atoms with E-state index < -0.39 is 9.84 Å². The molecule has 2 aliphatic heterocycles. The molecule has 20 heavy (non-hydrogen) atoms. The molecule has 5 heteroatoms. The van der Waals surface area contributed by atoms with Gasteiger partial charge in [-0.25, -0.2) is 8.42 Å². The lowest BCUT2D eigenvalue weighted by atomic mass is 10.1. The third-order valence-corrected chi connectivity index (χ3v) is 5.57. The summed E-state index contributed by atoms with van der Waals surface area (Å²) in [6.07, 6.45) is 4.81. The lowest BCUT2D eigenvalue weighted by Gasteiger charge is -2.20. The first-order valence-electron chi connectivity index (χ1n) is 7.08. The SMILES string of the molecule is O=S1(=O)C=C(CN2CCCCCC2)c2c(O)cccc21. The Hall–Kier alpha value is -1.33. The Morgan fingerprint density at radius 2 is 1.80 bits per heavy atom. The molecular formula is C15H19NO3S. The third-order valence-electron chi connectivity index (χ3n) is 4.02. The Labute approximate surface area is 119 Å². The fourth-order valence-electron chi connectivity index (χ4n) is 3.04. The average molecular weight is 293 g/mol. The molecule has 0 amide bonds. The Balaban J connectivity index is 1.92. The second-order valence-corrected chi connectivity index (χ2v) is 7.29. The zero-order valence-electron chi connectivity index (χ0n) is 11.4. The number of likely N-dealkylation sites (tertiary alicyclic amines) is 1. The van der Waals surface area contributed by atoms with E-state index in [1.807, 2.05) is 0 Å². The average Bonchev–Trinajstić information content (AvgIpc) is 2.58. The number of phenolic OH excluding ortho intramolecular Hbond substituents is 1. The minimum atomic E-state index is -3.39. The standard InChI is InChI=1S/C15H19NO3S/c17-13-6-5-7-14-15(13)12(11-20(14,18)19)10-16-8-3-1-2-4-9-16/h5-7,11,17H,1-4,8-10H2. The first-order valence-corrected chi connectivity index (χ1v) is 8.63. The fourth-order valence-corrected chi connectivity index (χ4v) is 4.52. The smallest absolute Gasteiger partial charge is 0.200 e. The molecule has 1 N–H and O–H groups in total. The summed E-state index contributed by atoms with van der Waals surface area (Å²) in [5.41, 5.74) is 1.22. The molecule has 1 aromatic rings. The van der Waals surface area contributed by atoms with Gasteiger partial charge in [0.1, 0.15) is 5.75 Å². The molecule has 0 atom stereocenters. The van der Waals surface area contributed by atoms with Crippen LogP contribution in [0.1, 0.15) is 31.2 Å². The number of nitrogens with zero attached hydrogens (tertiary/aromatic N) is 1. The van der Waals surface area contributed by atoms with Gasteiger partial charge < -0.3 is 5.11 Å². The van der Waals surface area contributed by atoms with Gasteiger partial charge in [-0.15, -0.1) is 0 Å². The van der Waals surface area contributed by atoms with Crippen LogP contribution in [0.3, 0.4) is 0 Å². The molecule has 2 heterocycles. The first-order chi connectivity index (χ1) is 9.58. The zero-order chi connectivity index (χ0) is 14.2. The highest BCUT2D eigenvalue weighted by atomic mass is 32.2. The van der Waals surface area contributed by atoms with Crippen molar-refractivity contribution in [1.82, 2.24) is 4.90 Å². The molecule has 0 saturated carbocycles. The summed E-state index contributed by atoms with van der Waals surface area (Å²) in [4.78, 5) is 2.53. The van der Waals surface area contributed by atoms with Crippen molar-refractivity contribution in [3.05, 3.63) is 29.2 Å². The highest BCUT2D eigenvalue weighted by Gasteiger charge is 2.30. The van der Waals surface area contributed by atoms with E-state index in [1.165, 1.54) is 18.2 Å². The molecule has 4 nitrogen and oxygen atoms in total. The van der Waals surface area contributed by atoms with Crippen LogP contribution in [0.5, 0.6) is 5.75 Å². The predicted molar refractivity (Wildman–Crippen MR) is 78.2 cm³/mol. The normalized spacial score (nSPS) is 22.1. The number of phenols is 1. The van der Waals surface area contributed by atoms with Crippen LogP contribution >= 0.6 is 0 Å². The van der Waals surface area contributed by atoms with Crippen molar-refractivity contribution < 1.29 is 13.5 Å². The van der Waals surface area contributed by atoms with Gasteiger partial charge in [0.25, 0.3) is 0 Å². The van der Waals surface area contributed by atoms with Crippen molar-refractivity contribution in [3.8, 4) is 5.75 Å². The monoisotopic (exact) mass is 293 g/mol. The Morgan fingerprint density at radius 3 is 2.50 bits per heavy atom. The van der Waals surface area contributed by atoms with Crippen LogP contribution in [0.2, 0.25) is 0 Å². The largest absolute Gasteiger partial charge is 0.507 e. The van der Waals surface area contributed by atoms with E-state index in [1.54, 1.807) is 18.2 Å². The topological polar surface area (TPSA) is 57.6 Å². The summed E-state index contributed by atoms with van der Waals surface area (Å²) >= 11 is 0. The van der Waals surface area contributed by atoms with Gasteiger partial charge in [-0.3, -0.25) is 4.90 Å². The summed E-state index contributed by atoms with van der Waals surface area (Å²) < 4.78 is 24.2. The van der Waals surface area contributed by atoms with E-state index in [4.69, 9.17) is 0 Å². The van der Waals surface area contributed by atoms with Gasteiger partial charge in [-0.2, -0.15) is 0 Å². The number of rotatable bonds is 2. The first kappa shape index (κ1) is 13.6. The van der Waals surface area contributed by atoms with Crippen LogP contribution in [0, 0.1) is 0 Å². The summed E-state index contributed by atoms with van der Waals surface area (Å²) in [5.74, 6) is 0.0599. The maximum absolute atomic E-state index is 12.1. The van der Waals surface area contributed by atoms with Gasteiger partial charge in [0, 0.05) is 17.5 Å². The van der Waals surface area contributed by atoms with Gasteiger partial charge in [0.05, 0.1) is 4.90 Å². The molecule has 1 aromatic carbocycles. The number of sulfone groups is 1. The van der Waals surface area contributed by atoms with Crippen LogP contribution in [-0.2, 0) is 9.84 Å². The second kappa shape index (κ2) is 5.22. The van der Waals surface area contributed by atoms with E-state index in [0.717, 1.165) is 31.5 Å². The van der Waals surface area contributed by atoms with Crippen molar-refractivity contribution in [3.63, 3.8) is 0 Å². The van der Waals surface area contributed by atoms with E-state index >= 15 is 0 Å². The number of aromatic hydroxyl groups is 1. The zero-order valence-corrected chi connectivity index (χ0v) is 12.2. The number of hydrogen-bond acceptors (Lipinski definition) is 4. The summed E-state index contributed by atoms with van der Waals surface area (Å²) in [6.45, 7) is 2.60.